The quantitative estimate of drug-likeness (QED) is 0.558. The minimum absolute atomic E-state index is 0.197. The number of rotatable bonds is 6. The van der Waals surface area contributed by atoms with Crippen LogP contribution in [0, 0.1) is 16.7 Å². The van der Waals surface area contributed by atoms with Crippen LogP contribution in [0.15, 0.2) is 60.9 Å². The molecule has 1 aliphatic rings. The van der Waals surface area contributed by atoms with Crippen molar-refractivity contribution in [2.75, 3.05) is 31.2 Å². The Morgan fingerprint density at radius 3 is 2.55 bits per heavy atom. The monoisotopic (exact) mass is 415 g/mol. The number of pyridine rings is 1. The van der Waals surface area contributed by atoms with Gasteiger partial charge in [-0.15, -0.1) is 0 Å². The first-order valence-corrected chi connectivity index (χ1v) is 10.5. The number of anilines is 1. The summed E-state index contributed by atoms with van der Waals surface area (Å²) >= 11 is 0. The third-order valence-electron chi connectivity index (χ3n) is 5.91. The Morgan fingerprint density at radius 2 is 1.84 bits per heavy atom. The van der Waals surface area contributed by atoms with Crippen molar-refractivity contribution in [3.8, 4) is 11.8 Å². The van der Waals surface area contributed by atoms with Gasteiger partial charge in [0.05, 0.1) is 18.2 Å². The van der Waals surface area contributed by atoms with Gasteiger partial charge in [-0.25, -0.2) is 0 Å². The predicted molar refractivity (Wildman–Crippen MR) is 119 cm³/mol. The van der Waals surface area contributed by atoms with Gasteiger partial charge in [0.1, 0.15) is 17.8 Å². The number of benzene rings is 2. The van der Waals surface area contributed by atoms with Crippen molar-refractivity contribution in [2.45, 2.75) is 19.8 Å². The first kappa shape index (κ1) is 20.7. The Bertz CT molecular complexity index is 1100. The minimum atomic E-state index is -0.678. The van der Waals surface area contributed by atoms with Gasteiger partial charge in [0.15, 0.2) is 0 Å². The second-order valence-electron chi connectivity index (χ2n) is 7.82. The number of carbonyl (C=O) groups excluding carboxylic acids is 1. The summed E-state index contributed by atoms with van der Waals surface area (Å²) in [6.45, 7) is 3.93. The number of carbonyl (C=O) groups is 1. The van der Waals surface area contributed by atoms with Crippen molar-refractivity contribution < 1.29 is 14.3 Å². The summed E-state index contributed by atoms with van der Waals surface area (Å²) in [5.41, 5.74) is 1.04. The van der Waals surface area contributed by atoms with Crippen molar-refractivity contribution >= 4 is 22.4 Å². The molecule has 2 aromatic carbocycles. The molecule has 1 fully saturated rings. The maximum atomic E-state index is 12.9. The fourth-order valence-electron chi connectivity index (χ4n) is 4.05. The molecule has 0 N–H and O–H groups in total. The Balaban J connectivity index is 1.51. The maximum Gasteiger partial charge on any atom is 0.315 e. The highest BCUT2D eigenvalue weighted by Crippen LogP contribution is 2.36. The first-order valence-electron chi connectivity index (χ1n) is 10.5. The third kappa shape index (κ3) is 4.46. The number of nitriles is 1. The SMILES string of the molecule is CCOC(=O)C1(COc2ccc3ccc(C#N)cc3c2)CCN(c2ccncc2)CC1. The zero-order valence-electron chi connectivity index (χ0n) is 17.6. The molecule has 0 unspecified atom stereocenters. The average molecular weight is 415 g/mol. The Labute approximate surface area is 182 Å². The van der Waals surface area contributed by atoms with Crippen molar-refractivity contribution in [1.29, 1.82) is 5.26 Å². The molecular formula is C25H25N3O3. The number of hydrogen-bond donors (Lipinski definition) is 0. The highest BCUT2D eigenvalue weighted by atomic mass is 16.5. The summed E-state index contributed by atoms with van der Waals surface area (Å²) in [5.74, 6) is 0.486. The molecule has 3 aromatic rings. The third-order valence-corrected chi connectivity index (χ3v) is 5.91. The van der Waals surface area contributed by atoms with Crippen LogP contribution < -0.4 is 9.64 Å². The summed E-state index contributed by atoms with van der Waals surface area (Å²) in [7, 11) is 0. The first-order chi connectivity index (χ1) is 15.1. The van der Waals surface area contributed by atoms with Crippen molar-refractivity contribution in [2.24, 2.45) is 5.41 Å². The maximum absolute atomic E-state index is 12.9. The molecule has 0 radical (unpaired) electrons. The van der Waals surface area contributed by atoms with E-state index in [2.05, 4.69) is 16.0 Å². The van der Waals surface area contributed by atoms with E-state index in [0.717, 1.165) is 29.5 Å². The number of esters is 1. The molecule has 0 atom stereocenters. The second-order valence-corrected chi connectivity index (χ2v) is 7.82. The molecular weight excluding hydrogens is 390 g/mol. The number of nitrogens with zero attached hydrogens (tertiary/aromatic N) is 3. The lowest BCUT2D eigenvalue weighted by Crippen LogP contribution is -2.48. The van der Waals surface area contributed by atoms with Crippen LogP contribution in [0.5, 0.6) is 5.75 Å². The number of aromatic nitrogens is 1. The van der Waals surface area contributed by atoms with Crippen LogP contribution in [0.25, 0.3) is 10.8 Å². The molecule has 6 heteroatoms. The van der Waals surface area contributed by atoms with E-state index in [9.17, 15) is 4.79 Å². The minimum Gasteiger partial charge on any atom is -0.492 e. The van der Waals surface area contributed by atoms with E-state index < -0.39 is 5.41 Å². The molecule has 1 aliphatic heterocycles. The van der Waals surface area contributed by atoms with Crippen LogP contribution in [0.2, 0.25) is 0 Å². The number of ether oxygens (including phenoxy) is 2. The van der Waals surface area contributed by atoms with Crippen LogP contribution >= 0.6 is 0 Å². The molecule has 1 saturated heterocycles. The van der Waals surface area contributed by atoms with E-state index >= 15 is 0 Å². The highest BCUT2D eigenvalue weighted by molar-refractivity contribution is 5.85. The zero-order valence-corrected chi connectivity index (χ0v) is 17.6. The van der Waals surface area contributed by atoms with Gasteiger partial charge in [0, 0.05) is 31.2 Å². The highest BCUT2D eigenvalue weighted by Gasteiger charge is 2.43. The zero-order chi connectivity index (χ0) is 21.7. The van der Waals surface area contributed by atoms with Gasteiger partial charge in [0.25, 0.3) is 0 Å². The van der Waals surface area contributed by atoms with Crippen LogP contribution in [-0.4, -0.2) is 37.3 Å². The van der Waals surface area contributed by atoms with Gasteiger partial charge in [-0.3, -0.25) is 9.78 Å². The molecule has 31 heavy (non-hydrogen) atoms. The van der Waals surface area contributed by atoms with Crippen molar-refractivity contribution in [3.05, 3.63) is 66.5 Å². The van der Waals surface area contributed by atoms with Gasteiger partial charge in [-0.2, -0.15) is 5.26 Å². The average Bonchev–Trinajstić information content (AvgIpc) is 2.83. The summed E-state index contributed by atoms with van der Waals surface area (Å²) in [5, 5.41) is 11.1. The van der Waals surface area contributed by atoms with Crippen LogP contribution in [0.3, 0.4) is 0 Å². The normalized spacial score (nSPS) is 15.3. The van der Waals surface area contributed by atoms with E-state index in [1.165, 1.54) is 0 Å². The fourth-order valence-corrected chi connectivity index (χ4v) is 4.05. The molecule has 2 heterocycles. The standard InChI is InChI=1S/C25H25N3O3/c1-2-30-24(29)25(9-13-28(14-10-25)22-7-11-27-12-8-22)18-31-23-6-5-20-4-3-19(17-26)15-21(20)16-23/h3-8,11-12,15-16H,2,9-10,13-14,18H2,1H3. The molecule has 158 valence electrons. The second kappa shape index (κ2) is 9.05. The predicted octanol–water partition coefficient (Wildman–Crippen LogP) is 4.34. The number of fused-ring (bicyclic) bond motifs is 1. The summed E-state index contributed by atoms with van der Waals surface area (Å²) in [4.78, 5) is 19.3. The van der Waals surface area contributed by atoms with Gasteiger partial charge in [-0.1, -0.05) is 12.1 Å². The topological polar surface area (TPSA) is 75.5 Å². The summed E-state index contributed by atoms with van der Waals surface area (Å²) < 4.78 is 11.6. The fraction of sp³-hybridized carbons (Fsp3) is 0.320. The Kier molecular flexibility index (Phi) is 6.03. The van der Waals surface area contributed by atoms with E-state index in [1.807, 2.05) is 49.4 Å². The molecule has 1 aromatic heterocycles. The Morgan fingerprint density at radius 1 is 1.10 bits per heavy atom. The molecule has 6 nitrogen and oxygen atoms in total. The van der Waals surface area contributed by atoms with E-state index in [0.29, 0.717) is 30.8 Å². The lowest BCUT2D eigenvalue weighted by Gasteiger charge is -2.40. The molecule has 0 spiro atoms. The largest absolute Gasteiger partial charge is 0.492 e. The van der Waals surface area contributed by atoms with E-state index in [1.54, 1.807) is 18.5 Å². The van der Waals surface area contributed by atoms with Gasteiger partial charge in [0.2, 0.25) is 0 Å². The van der Waals surface area contributed by atoms with Crippen LogP contribution in [0.1, 0.15) is 25.3 Å². The van der Waals surface area contributed by atoms with Gasteiger partial charge >= 0.3 is 5.97 Å². The molecule has 0 bridgehead atoms. The van der Waals surface area contributed by atoms with Gasteiger partial charge in [-0.05, 0) is 66.9 Å². The molecule has 0 aliphatic carbocycles. The summed E-state index contributed by atoms with van der Waals surface area (Å²) in [6.07, 6.45) is 4.87. The number of piperidine rings is 1. The van der Waals surface area contributed by atoms with E-state index in [-0.39, 0.29) is 12.6 Å². The van der Waals surface area contributed by atoms with Crippen LogP contribution in [-0.2, 0) is 9.53 Å². The Hall–Kier alpha value is -3.59. The van der Waals surface area contributed by atoms with Crippen LogP contribution in [0.4, 0.5) is 5.69 Å². The molecule has 0 saturated carbocycles. The number of hydrogen-bond acceptors (Lipinski definition) is 6. The molecule has 0 amide bonds. The smallest absolute Gasteiger partial charge is 0.315 e. The van der Waals surface area contributed by atoms with Crippen molar-refractivity contribution in [3.63, 3.8) is 0 Å². The lowest BCUT2D eigenvalue weighted by atomic mass is 9.79. The molecule has 4 rings (SSSR count). The van der Waals surface area contributed by atoms with Crippen molar-refractivity contribution in [1.82, 2.24) is 4.98 Å². The lowest BCUT2D eigenvalue weighted by molar-refractivity contribution is -0.159. The van der Waals surface area contributed by atoms with E-state index in [4.69, 9.17) is 14.7 Å². The van der Waals surface area contributed by atoms with Gasteiger partial charge < -0.3 is 14.4 Å². The summed E-state index contributed by atoms with van der Waals surface area (Å²) in [6, 6.07) is 17.5.